The number of hydrogen-bond acceptors (Lipinski definition) is 5. The molecule has 0 fully saturated rings. The second kappa shape index (κ2) is 8.25. The van der Waals surface area contributed by atoms with Gasteiger partial charge in [0.1, 0.15) is 5.57 Å². The number of hydrogen-bond donors (Lipinski definition) is 1. The van der Waals surface area contributed by atoms with Gasteiger partial charge in [-0.05, 0) is 36.6 Å². The summed E-state index contributed by atoms with van der Waals surface area (Å²) in [4.78, 5) is 31.1. The number of methoxy groups -OCH3 is 1. The van der Waals surface area contributed by atoms with Crippen molar-refractivity contribution in [1.29, 1.82) is 0 Å². The molecule has 1 N–H and O–H groups in total. The van der Waals surface area contributed by atoms with Gasteiger partial charge in [0, 0.05) is 36.1 Å². The van der Waals surface area contributed by atoms with E-state index in [4.69, 9.17) is 16.3 Å². The molecule has 29 heavy (non-hydrogen) atoms. The van der Waals surface area contributed by atoms with Crippen molar-refractivity contribution in [1.82, 2.24) is 5.32 Å². The van der Waals surface area contributed by atoms with Crippen LogP contribution in [0, 0.1) is 5.92 Å². The Morgan fingerprint density at radius 2 is 2.17 bits per heavy atom. The Balaban J connectivity index is 1.56. The van der Waals surface area contributed by atoms with E-state index in [1.54, 1.807) is 18.2 Å². The van der Waals surface area contributed by atoms with Gasteiger partial charge >= 0.3 is 5.97 Å². The quantitative estimate of drug-likeness (QED) is 0.596. The SMILES string of the molecule is COC(=O)C1=C(NCCN2CCCc3ccccc32)C2C=C(Cl)C=CC2=NC1=O. The first-order valence-corrected chi connectivity index (χ1v) is 10.0. The van der Waals surface area contributed by atoms with E-state index >= 15 is 0 Å². The number of carbonyl (C=O) groups is 2. The number of amides is 1. The molecular weight excluding hydrogens is 390 g/mol. The fraction of sp³-hybridized carbons (Fsp3) is 0.318. The molecule has 0 radical (unpaired) electrons. The van der Waals surface area contributed by atoms with Crippen LogP contribution in [0.3, 0.4) is 0 Å². The van der Waals surface area contributed by atoms with E-state index < -0.39 is 11.9 Å². The summed E-state index contributed by atoms with van der Waals surface area (Å²) in [5, 5.41) is 3.85. The third kappa shape index (κ3) is 3.85. The standard InChI is InChI=1S/C22H22ClN3O3/c1-29-22(28)19-20(16-13-15(23)8-9-17(16)25-21(19)27)24-10-12-26-11-4-6-14-5-2-3-7-18(14)26/h2-3,5,7-9,13,16,24H,4,6,10-12H2,1H3. The number of aliphatic imine (C=N–C) groups is 1. The number of allylic oxidation sites excluding steroid dienone is 4. The number of rotatable bonds is 5. The number of dihydropyridines is 1. The van der Waals surface area contributed by atoms with Crippen LogP contribution in [-0.4, -0.2) is 44.3 Å². The number of anilines is 1. The summed E-state index contributed by atoms with van der Waals surface area (Å²) in [5.41, 5.74) is 3.60. The summed E-state index contributed by atoms with van der Waals surface area (Å²) in [7, 11) is 1.26. The predicted octanol–water partition coefficient (Wildman–Crippen LogP) is 2.75. The zero-order valence-electron chi connectivity index (χ0n) is 16.2. The van der Waals surface area contributed by atoms with Gasteiger partial charge in [-0.2, -0.15) is 0 Å². The topological polar surface area (TPSA) is 71.0 Å². The second-order valence-corrected chi connectivity index (χ2v) is 7.57. The number of halogens is 1. The van der Waals surface area contributed by atoms with Crippen molar-refractivity contribution >= 4 is 34.9 Å². The lowest BCUT2D eigenvalue weighted by Gasteiger charge is -2.32. The van der Waals surface area contributed by atoms with Crippen molar-refractivity contribution in [2.45, 2.75) is 12.8 Å². The smallest absolute Gasteiger partial charge is 0.345 e. The number of carbonyl (C=O) groups excluding carboxylic acids is 2. The molecule has 7 heteroatoms. The molecule has 1 aliphatic carbocycles. The van der Waals surface area contributed by atoms with Crippen LogP contribution in [0.5, 0.6) is 0 Å². The van der Waals surface area contributed by atoms with Gasteiger partial charge < -0.3 is 15.0 Å². The Morgan fingerprint density at radius 1 is 1.34 bits per heavy atom. The first-order chi connectivity index (χ1) is 14.1. The Labute approximate surface area is 174 Å². The third-order valence-corrected chi connectivity index (χ3v) is 5.63. The molecule has 0 spiro atoms. The van der Waals surface area contributed by atoms with Gasteiger partial charge in [-0.25, -0.2) is 9.79 Å². The number of fused-ring (bicyclic) bond motifs is 2. The highest BCUT2D eigenvalue weighted by molar-refractivity contribution is 6.33. The molecule has 4 rings (SSSR count). The lowest BCUT2D eigenvalue weighted by atomic mass is 9.89. The molecule has 1 unspecified atom stereocenters. The molecule has 1 aromatic carbocycles. The predicted molar refractivity (Wildman–Crippen MR) is 113 cm³/mol. The highest BCUT2D eigenvalue weighted by atomic mass is 35.5. The molecule has 0 aromatic heterocycles. The van der Waals surface area contributed by atoms with Crippen molar-refractivity contribution in [3.05, 3.63) is 64.4 Å². The van der Waals surface area contributed by atoms with Crippen molar-refractivity contribution < 1.29 is 14.3 Å². The Hall–Kier alpha value is -2.86. The summed E-state index contributed by atoms with van der Waals surface area (Å²) in [6.45, 7) is 2.29. The van der Waals surface area contributed by atoms with Crippen molar-refractivity contribution in [3.8, 4) is 0 Å². The largest absolute Gasteiger partial charge is 0.465 e. The van der Waals surface area contributed by atoms with Crippen LogP contribution in [0.4, 0.5) is 5.69 Å². The van der Waals surface area contributed by atoms with E-state index in [0.29, 0.717) is 23.0 Å². The van der Waals surface area contributed by atoms with E-state index in [1.807, 2.05) is 6.07 Å². The fourth-order valence-corrected chi connectivity index (χ4v) is 4.21. The van der Waals surface area contributed by atoms with Crippen molar-refractivity contribution in [2.75, 3.05) is 31.6 Å². The first kappa shape index (κ1) is 19.5. The molecule has 2 aliphatic heterocycles. The van der Waals surface area contributed by atoms with E-state index in [9.17, 15) is 9.59 Å². The minimum Gasteiger partial charge on any atom is -0.465 e. The van der Waals surface area contributed by atoms with Crippen LogP contribution in [0.1, 0.15) is 12.0 Å². The van der Waals surface area contributed by atoms with E-state index in [-0.39, 0.29) is 11.5 Å². The summed E-state index contributed by atoms with van der Waals surface area (Å²) in [6, 6.07) is 8.41. The zero-order valence-corrected chi connectivity index (χ0v) is 16.9. The summed E-state index contributed by atoms with van der Waals surface area (Å²) in [5.74, 6) is -1.65. The van der Waals surface area contributed by atoms with Crippen molar-refractivity contribution in [3.63, 3.8) is 0 Å². The molecule has 2 heterocycles. The van der Waals surface area contributed by atoms with E-state index in [2.05, 4.69) is 33.4 Å². The third-order valence-electron chi connectivity index (χ3n) is 5.38. The minimum absolute atomic E-state index is 0.0590. The van der Waals surface area contributed by atoms with Crippen LogP contribution in [-0.2, 0) is 20.7 Å². The fourth-order valence-electron chi connectivity index (χ4n) is 4.02. The summed E-state index contributed by atoms with van der Waals surface area (Å²) < 4.78 is 4.83. The Kier molecular flexibility index (Phi) is 5.53. The monoisotopic (exact) mass is 411 g/mol. The maximum Gasteiger partial charge on any atom is 0.345 e. The molecule has 1 amide bonds. The van der Waals surface area contributed by atoms with Crippen LogP contribution in [0.25, 0.3) is 0 Å². The summed E-state index contributed by atoms with van der Waals surface area (Å²) >= 11 is 6.17. The lowest BCUT2D eigenvalue weighted by molar-refractivity contribution is -0.137. The molecule has 6 nitrogen and oxygen atoms in total. The second-order valence-electron chi connectivity index (χ2n) is 7.13. The van der Waals surface area contributed by atoms with Crippen LogP contribution in [0.15, 0.2) is 63.8 Å². The van der Waals surface area contributed by atoms with Crippen molar-refractivity contribution in [2.24, 2.45) is 10.9 Å². The van der Waals surface area contributed by atoms with Crippen LogP contribution >= 0.6 is 11.6 Å². The molecule has 1 aromatic rings. The van der Waals surface area contributed by atoms with E-state index in [1.165, 1.54) is 18.4 Å². The molecule has 1 atom stereocenters. The first-order valence-electron chi connectivity index (χ1n) is 9.66. The normalized spacial score (nSPS) is 20.6. The average Bonchev–Trinajstić information content (AvgIpc) is 2.73. The van der Waals surface area contributed by atoms with Gasteiger partial charge in [0.15, 0.2) is 0 Å². The Bertz CT molecular complexity index is 977. The van der Waals surface area contributed by atoms with Gasteiger partial charge in [-0.3, -0.25) is 4.79 Å². The number of nitrogens with one attached hydrogen (secondary N) is 1. The molecule has 150 valence electrons. The van der Waals surface area contributed by atoms with Crippen LogP contribution < -0.4 is 10.2 Å². The van der Waals surface area contributed by atoms with Gasteiger partial charge in [-0.1, -0.05) is 35.9 Å². The number of para-hydroxylation sites is 1. The number of esters is 1. The maximum atomic E-state index is 12.5. The highest BCUT2D eigenvalue weighted by Gasteiger charge is 2.35. The van der Waals surface area contributed by atoms with Crippen LogP contribution in [0.2, 0.25) is 0 Å². The number of ether oxygens (including phenoxy) is 1. The van der Waals surface area contributed by atoms with Gasteiger partial charge in [0.25, 0.3) is 5.91 Å². The molecule has 0 bridgehead atoms. The maximum absolute atomic E-state index is 12.5. The zero-order chi connectivity index (χ0) is 20.4. The molecular formula is C22H22ClN3O3. The number of nitrogens with zero attached hydrogens (tertiary/aromatic N) is 2. The average molecular weight is 412 g/mol. The van der Waals surface area contributed by atoms with Gasteiger partial charge in [0.05, 0.1) is 18.7 Å². The number of benzene rings is 1. The number of aryl methyl sites for hydroxylation is 1. The Morgan fingerprint density at radius 3 is 3.00 bits per heavy atom. The van der Waals surface area contributed by atoms with Gasteiger partial charge in [0.2, 0.25) is 0 Å². The molecule has 3 aliphatic rings. The lowest BCUT2D eigenvalue weighted by Crippen LogP contribution is -2.40. The highest BCUT2D eigenvalue weighted by Crippen LogP contribution is 2.30. The summed E-state index contributed by atoms with van der Waals surface area (Å²) in [6.07, 6.45) is 7.38. The van der Waals surface area contributed by atoms with E-state index in [0.717, 1.165) is 25.9 Å². The molecule has 0 saturated heterocycles. The minimum atomic E-state index is -0.692. The molecule has 0 saturated carbocycles. The van der Waals surface area contributed by atoms with Gasteiger partial charge in [-0.15, -0.1) is 0 Å².